The molecule has 1 aromatic heterocycles. The summed E-state index contributed by atoms with van der Waals surface area (Å²) < 4.78 is 1.31. The minimum atomic E-state index is -0.788. The molecule has 2 heterocycles. The largest absolute Gasteiger partial charge is 0.348 e. The van der Waals surface area contributed by atoms with Gasteiger partial charge < -0.3 is 10.6 Å². The third-order valence-electron chi connectivity index (χ3n) is 4.86. The lowest BCUT2D eigenvalue weighted by Gasteiger charge is -2.24. The van der Waals surface area contributed by atoms with E-state index < -0.39 is 11.8 Å². The molecule has 3 rings (SSSR count). The van der Waals surface area contributed by atoms with Crippen molar-refractivity contribution in [2.24, 2.45) is 15.9 Å². The number of aliphatic imine (C=N–C) groups is 2. The number of nitrogens with zero attached hydrogens (tertiary/aromatic N) is 4. The first-order valence-corrected chi connectivity index (χ1v) is 9.85. The van der Waals surface area contributed by atoms with Crippen LogP contribution >= 0.6 is 0 Å². The monoisotopic (exact) mass is 386 g/mol. The number of rotatable bonds is 5. The van der Waals surface area contributed by atoms with E-state index in [0.29, 0.717) is 12.2 Å². The Hall–Kier alpha value is -2.84. The summed E-state index contributed by atoms with van der Waals surface area (Å²) in [5, 5.41) is 9.42. The Morgan fingerprint density at radius 2 is 2.04 bits per heavy atom. The summed E-state index contributed by atoms with van der Waals surface area (Å²) >= 11 is 0. The lowest BCUT2D eigenvalue weighted by atomic mass is 9.86. The van der Waals surface area contributed by atoms with E-state index in [1.165, 1.54) is 4.68 Å². The van der Waals surface area contributed by atoms with Crippen LogP contribution in [0.1, 0.15) is 57.6 Å². The molecule has 3 amide bonds. The maximum atomic E-state index is 12.4. The highest BCUT2D eigenvalue weighted by molar-refractivity contribution is 6.39. The van der Waals surface area contributed by atoms with Crippen LogP contribution in [0.2, 0.25) is 0 Å². The van der Waals surface area contributed by atoms with Gasteiger partial charge in [0.25, 0.3) is 11.9 Å². The molecule has 1 aliphatic heterocycles. The minimum Gasteiger partial charge on any atom is -0.348 e. The Morgan fingerprint density at radius 1 is 1.21 bits per heavy atom. The van der Waals surface area contributed by atoms with Crippen molar-refractivity contribution in [1.29, 1.82) is 0 Å². The Morgan fingerprint density at radius 3 is 2.82 bits per heavy atom. The number of hydrogen-bond donors (Lipinski definition) is 2. The van der Waals surface area contributed by atoms with Gasteiger partial charge >= 0.3 is 11.8 Å². The van der Waals surface area contributed by atoms with Gasteiger partial charge in [-0.25, -0.2) is 4.99 Å². The van der Waals surface area contributed by atoms with Crippen molar-refractivity contribution < 1.29 is 14.4 Å². The summed E-state index contributed by atoms with van der Waals surface area (Å²) in [5.74, 6) is -1.56. The number of aryl methyl sites for hydroxylation is 1. The molecule has 150 valence electrons. The van der Waals surface area contributed by atoms with E-state index in [-0.39, 0.29) is 23.6 Å². The molecule has 2 aliphatic rings. The summed E-state index contributed by atoms with van der Waals surface area (Å²) in [4.78, 5) is 45.1. The average molecular weight is 386 g/mol. The van der Waals surface area contributed by atoms with Gasteiger partial charge in [-0.3, -0.25) is 14.4 Å². The van der Waals surface area contributed by atoms with Crippen molar-refractivity contribution in [3.05, 3.63) is 11.8 Å². The highest BCUT2D eigenvalue weighted by atomic mass is 16.2. The molecule has 2 N–H and O–H groups in total. The predicted molar refractivity (Wildman–Crippen MR) is 105 cm³/mol. The van der Waals surface area contributed by atoms with Crippen molar-refractivity contribution in [3.8, 4) is 0 Å². The summed E-state index contributed by atoms with van der Waals surface area (Å²) in [5.41, 5.74) is 1.43. The Bertz CT molecular complexity index is 839. The fraction of sp³-hybridized carbons (Fsp3) is 0.579. The van der Waals surface area contributed by atoms with E-state index in [9.17, 15) is 14.4 Å². The van der Waals surface area contributed by atoms with E-state index in [0.717, 1.165) is 50.7 Å². The minimum absolute atomic E-state index is 0.130. The van der Waals surface area contributed by atoms with Gasteiger partial charge in [-0.05, 0) is 32.6 Å². The van der Waals surface area contributed by atoms with E-state index in [2.05, 4.69) is 32.6 Å². The molecule has 0 radical (unpaired) electrons. The van der Waals surface area contributed by atoms with Crippen molar-refractivity contribution in [3.63, 3.8) is 0 Å². The highest BCUT2D eigenvalue weighted by Gasteiger charge is 2.32. The summed E-state index contributed by atoms with van der Waals surface area (Å²) in [6.07, 6.45) is 6.37. The number of amides is 3. The zero-order chi connectivity index (χ0) is 20.1. The number of anilines is 1. The van der Waals surface area contributed by atoms with Crippen LogP contribution in [-0.2, 0) is 14.4 Å². The number of nitrogens with one attached hydrogen (secondary N) is 2. The van der Waals surface area contributed by atoms with Crippen LogP contribution in [-0.4, -0.2) is 45.7 Å². The molecule has 0 spiro atoms. The zero-order valence-electron chi connectivity index (χ0n) is 16.3. The molecule has 1 unspecified atom stereocenters. The molecule has 9 heteroatoms. The number of aromatic nitrogens is 2. The lowest BCUT2D eigenvalue weighted by Crippen LogP contribution is -2.37. The first-order valence-electron chi connectivity index (χ1n) is 9.85. The number of carbonyl (C=O) groups is 3. The second kappa shape index (κ2) is 8.90. The maximum Gasteiger partial charge on any atom is 0.314 e. The molecule has 0 aromatic carbocycles. The van der Waals surface area contributed by atoms with Gasteiger partial charge in [-0.2, -0.15) is 14.8 Å². The first-order chi connectivity index (χ1) is 13.5. The van der Waals surface area contributed by atoms with Crippen LogP contribution in [0.5, 0.6) is 0 Å². The Balaban J connectivity index is 1.73. The van der Waals surface area contributed by atoms with Gasteiger partial charge in [0, 0.05) is 18.3 Å². The van der Waals surface area contributed by atoms with Gasteiger partial charge in [0.05, 0.1) is 11.6 Å². The van der Waals surface area contributed by atoms with Crippen LogP contribution in [0.4, 0.5) is 5.82 Å². The SMILES string of the molecule is CCCCCNC(=O)C(=O)Nc1cc(C)nn1C1=NC(=O)C2CCCCC2=N1. The van der Waals surface area contributed by atoms with Crippen molar-refractivity contribution >= 4 is 35.2 Å². The van der Waals surface area contributed by atoms with Gasteiger partial charge in [-0.1, -0.05) is 26.2 Å². The van der Waals surface area contributed by atoms with Crippen LogP contribution in [0.25, 0.3) is 0 Å². The van der Waals surface area contributed by atoms with Crippen molar-refractivity contribution in [2.75, 3.05) is 11.9 Å². The zero-order valence-corrected chi connectivity index (χ0v) is 16.3. The van der Waals surface area contributed by atoms with E-state index in [1.54, 1.807) is 13.0 Å². The number of hydrogen-bond acceptors (Lipinski definition) is 5. The molecular weight excluding hydrogens is 360 g/mol. The highest BCUT2D eigenvalue weighted by Crippen LogP contribution is 2.26. The van der Waals surface area contributed by atoms with E-state index >= 15 is 0 Å². The molecule has 1 atom stereocenters. The van der Waals surface area contributed by atoms with Crippen LogP contribution in [0.3, 0.4) is 0 Å². The molecule has 1 saturated carbocycles. The maximum absolute atomic E-state index is 12.4. The summed E-state index contributed by atoms with van der Waals surface area (Å²) in [6, 6.07) is 1.61. The lowest BCUT2D eigenvalue weighted by molar-refractivity contribution is -0.136. The summed E-state index contributed by atoms with van der Waals surface area (Å²) in [6.45, 7) is 4.27. The molecule has 9 nitrogen and oxygen atoms in total. The third kappa shape index (κ3) is 4.52. The van der Waals surface area contributed by atoms with Crippen LogP contribution in [0, 0.1) is 12.8 Å². The topological polar surface area (TPSA) is 118 Å². The van der Waals surface area contributed by atoms with Gasteiger partial charge in [0.2, 0.25) is 0 Å². The Kier molecular flexibility index (Phi) is 6.33. The molecule has 0 saturated heterocycles. The molecular formula is C19H26N6O3. The summed E-state index contributed by atoms with van der Waals surface area (Å²) in [7, 11) is 0. The fourth-order valence-electron chi connectivity index (χ4n) is 3.39. The molecule has 1 aliphatic carbocycles. The molecule has 1 fully saturated rings. The number of unbranched alkanes of at least 4 members (excludes halogenated alkanes) is 2. The second-order valence-electron chi connectivity index (χ2n) is 7.15. The Labute approximate surface area is 163 Å². The van der Waals surface area contributed by atoms with E-state index in [1.807, 2.05) is 0 Å². The molecule has 0 bridgehead atoms. The van der Waals surface area contributed by atoms with E-state index in [4.69, 9.17) is 0 Å². The quantitative estimate of drug-likeness (QED) is 0.593. The number of fused-ring (bicyclic) bond motifs is 1. The van der Waals surface area contributed by atoms with Gasteiger partial charge in [0.15, 0.2) is 0 Å². The van der Waals surface area contributed by atoms with Gasteiger partial charge in [-0.15, -0.1) is 0 Å². The first kappa shape index (κ1) is 19.9. The fourth-order valence-corrected chi connectivity index (χ4v) is 3.39. The van der Waals surface area contributed by atoms with Crippen molar-refractivity contribution in [2.45, 2.75) is 58.8 Å². The third-order valence-corrected chi connectivity index (χ3v) is 4.86. The van der Waals surface area contributed by atoms with Crippen molar-refractivity contribution in [1.82, 2.24) is 15.1 Å². The standard InChI is InChI=1S/C19H26N6O3/c1-3-4-7-10-20-17(27)18(28)22-15-11-12(2)24-25(15)19-21-14-9-6-5-8-13(14)16(26)23-19/h11,13H,3-10H2,1-2H3,(H,20,27)(H,22,28). The normalized spacial score (nSPS) is 18.8. The predicted octanol–water partition coefficient (Wildman–Crippen LogP) is 1.81. The molecule has 1 aromatic rings. The van der Waals surface area contributed by atoms with Crippen LogP contribution in [0.15, 0.2) is 16.1 Å². The molecule has 28 heavy (non-hydrogen) atoms. The van der Waals surface area contributed by atoms with Gasteiger partial charge in [0.1, 0.15) is 5.82 Å². The average Bonchev–Trinajstić information content (AvgIpc) is 3.05. The smallest absolute Gasteiger partial charge is 0.314 e. The number of carbonyl (C=O) groups excluding carboxylic acids is 3. The van der Waals surface area contributed by atoms with Crippen LogP contribution < -0.4 is 10.6 Å². The second-order valence-corrected chi connectivity index (χ2v) is 7.15.